The summed E-state index contributed by atoms with van der Waals surface area (Å²) in [6.07, 6.45) is 1.05. The highest BCUT2D eigenvalue weighted by molar-refractivity contribution is 5.86. The Hall–Kier alpha value is -2.07. The van der Waals surface area contributed by atoms with Gasteiger partial charge in [0.2, 0.25) is 0 Å². The van der Waals surface area contributed by atoms with Crippen LogP contribution in [0.4, 0.5) is 5.82 Å². The van der Waals surface area contributed by atoms with Crippen molar-refractivity contribution >= 4 is 23.9 Å². The molecule has 144 valence electrons. The van der Waals surface area contributed by atoms with Crippen LogP contribution in [-0.4, -0.2) is 27.2 Å². The first-order valence-electron chi connectivity index (χ1n) is 9.53. The van der Waals surface area contributed by atoms with Gasteiger partial charge in [-0.3, -0.25) is 0 Å². The van der Waals surface area contributed by atoms with Crippen LogP contribution in [-0.2, 0) is 6.42 Å². The van der Waals surface area contributed by atoms with Gasteiger partial charge in [-0.1, -0.05) is 17.7 Å². The molecule has 3 aromatic rings. The van der Waals surface area contributed by atoms with Crippen LogP contribution in [0.15, 0.2) is 12.1 Å². The minimum atomic E-state index is 0. The van der Waals surface area contributed by atoms with E-state index in [1.54, 1.807) is 0 Å². The van der Waals surface area contributed by atoms with Gasteiger partial charge in [0.25, 0.3) is 0 Å². The number of nitrogens with zero attached hydrogens (tertiary/aromatic N) is 4. The SMILES string of the molecule is Cc1cc(C)c(-c2c(C)nn3c4c(c(C)nc23)CCN4C(C)C)c(C)c1.Cl. The predicted molar refractivity (Wildman–Crippen MR) is 116 cm³/mol. The minimum Gasteiger partial charge on any atom is -0.353 e. The molecule has 0 bridgehead atoms. The van der Waals surface area contributed by atoms with Crippen molar-refractivity contribution in [1.29, 1.82) is 0 Å². The van der Waals surface area contributed by atoms with Gasteiger partial charge in [-0.2, -0.15) is 9.61 Å². The molecule has 3 heterocycles. The van der Waals surface area contributed by atoms with Gasteiger partial charge in [0, 0.05) is 23.8 Å². The van der Waals surface area contributed by atoms with E-state index in [4.69, 9.17) is 10.1 Å². The summed E-state index contributed by atoms with van der Waals surface area (Å²) in [5.41, 5.74) is 10.9. The van der Waals surface area contributed by atoms with E-state index in [2.05, 4.69) is 70.0 Å². The van der Waals surface area contributed by atoms with Gasteiger partial charge in [-0.15, -0.1) is 12.4 Å². The number of rotatable bonds is 2. The van der Waals surface area contributed by atoms with Crippen LogP contribution in [0.25, 0.3) is 16.8 Å². The molecule has 0 atom stereocenters. The predicted octanol–water partition coefficient (Wildman–Crippen LogP) is 5.13. The molecule has 0 amide bonds. The number of fused-ring (bicyclic) bond motifs is 3. The molecule has 0 saturated heterocycles. The van der Waals surface area contributed by atoms with Crippen LogP contribution in [0.3, 0.4) is 0 Å². The van der Waals surface area contributed by atoms with E-state index < -0.39 is 0 Å². The summed E-state index contributed by atoms with van der Waals surface area (Å²) in [7, 11) is 0. The highest BCUT2D eigenvalue weighted by Crippen LogP contribution is 2.38. The Labute approximate surface area is 168 Å². The Morgan fingerprint density at radius 1 is 0.926 bits per heavy atom. The van der Waals surface area contributed by atoms with Gasteiger partial charge >= 0.3 is 0 Å². The van der Waals surface area contributed by atoms with Crippen molar-refractivity contribution < 1.29 is 0 Å². The Kier molecular flexibility index (Phi) is 4.98. The summed E-state index contributed by atoms with van der Waals surface area (Å²) in [6.45, 7) is 16.3. The smallest absolute Gasteiger partial charge is 0.165 e. The van der Waals surface area contributed by atoms with Crippen molar-refractivity contribution in [2.45, 2.75) is 60.9 Å². The van der Waals surface area contributed by atoms with E-state index in [0.29, 0.717) is 6.04 Å². The number of hydrogen-bond acceptors (Lipinski definition) is 3. The molecule has 5 heteroatoms. The fraction of sp³-hybridized carbons (Fsp3) is 0.455. The molecule has 0 N–H and O–H groups in total. The molecule has 0 unspecified atom stereocenters. The quantitative estimate of drug-likeness (QED) is 0.614. The number of aryl methyl sites for hydroxylation is 5. The lowest BCUT2D eigenvalue weighted by atomic mass is 9.94. The molecule has 4 rings (SSSR count). The normalized spacial score (nSPS) is 13.4. The van der Waals surface area contributed by atoms with E-state index >= 15 is 0 Å². The third-order valence-electron chi connectivity index (χ3n) is 5.64. The fourth-order valence-corrected chi connectivity index (χ4v) is 4.58. The van der Waals surface area contributed by atoms with E-state index in [9.17, 15) is 0 Å². The minimum absolute atomic E-state index is 0. The lowest BCUT2D eigenvalue weighted by Gasteiger charge is -2.24. The van der Waals surface area contributed by atoms with Crippen molar-refractivity contribution in [3.8, 4) is 11.1 Å². The molecule has 0 spiro atoms. The lowest BCUT2D eigenvalue weighted by Crippen LogP contribution is -2.30. The molecule has 1 aromatic carbocycles. The van der Waals surface area contributed by atoms with Gasteiger partial charge in [0.15, 0.2) is 5.65 Å². The fourth-order valence-electron chi connectivity index (χ4n) is 4.58. The Morgan fingerprint density at radius 2 is 1.56 bits per heavy atom. The average molecular weight is 385 g/mol. The third-order valence-corrected chi connectivity index (χ3v) is 5.64. The van der Waals surface area contributed by atoms with Crippen molar-refractivity contribution in [3.63, 3.8) is 0 Å². The maximum atomic E-state index is 5.02. The zero-order valence-corrected chi connectivity index (χ0v) is 18.2. The molecule has 0 fully saturated rings. The number of halogens is 1. The van der Waals surface area contributed by atoms with Crippen molar-refractivity contribution in [1.82, 2.24) is 14.6 Å². The topological polar surface area (TPSA) is 33.4 Å². The van der Waals surface area contributed by atoms with Gasteiger partial charge in [0.1, 0.15) is 5.82 Å². The van der Waals surface area contributed by atoms with Crippen molar-refractivity contribution in [2.75, 3.05) is 11.4 Å². The summed E-state index contributed by atoms with van der Waals surface area (Å²) in [5, 5.41) is 4.95. The molecule has 1 aliphatic heterocycles. The monoisotopic (exact) mass is 384 g/mol. The van der Waals surface area contributed by atoms with Crippen LogP contribution < -0.4 is 4.90 Å². The third kappa shape index (κ3) is 2.91. The first kappa shape index (κ1) is 19.7. The van der Waals surface area contributed by atoms with Gasteiger partial charge in [-0.05, 0) is 71.6 Å². The molecule has 2 aromatic heterocycles. The molecule has 0 radical (unpaired) electrons. The summed E-state index contributed by atoms with van der Waals surface area (Å²) in [6, 6.07) is 4.97. The van der Waals surface area contributed by atoms with Gasteiger partial charge in [0.05, 0.1) is 11.3 Å². The molecular weight excluding hydrogens is 356 g/mol. The zero-order valence-electron chi connectivity index (χ0n) is 17.3. The molecule has 27 heavy (non-hydrogen) atoms. The van der Waals surface area contributed by atoms with Crippen LogP contribution in [0.1, 0.15) is 47.5 Å². The second kappa shape index (κ2) is 6.83. The number of aromatic nitrogens is 3. The number of benzene rings is 1. The maximum absolute atomic E-state index is 5.02. The van der Waals surface area contributed by atoms with Gasteiger partial charge in [-0.25, -0.2) is 4.98 Å². The van der Waals surface area contributed by atoms with Crippen LogP contribution in [0.2, 0.25) is 0 Å². The lowest BCUT2D eigenvalue weighted by molar-refractivity contribution is 0.690. The number of hydrogen-bond donors (Lipinski definition) is 0. The molecule has 0 saturated carbocycles. The Morgan fingerprint density at radius 3 is 2.15 bits per heavy atom. The van der Waals surface area contributed by atoms with E-state index in [0.717, 1.165) is 30.0 Å². The van der Waals surface area contributed by atoms with Crippen molar-refractivity contribution in [2.24, 2.45) is 0 Å². The first-order valence-corrected chi connectivity index (χ1v) is 9.53. The molecule has 0 aliphatic carbocycles. The summed E-state index contributed by atoms with van der Waals surface area (Å²) < 4.78 is 2.10. The van der Waals surface area contributed by atoms with E-state index in [1.807, 2.05) is 0 Å². The standard InChI is InChI=1S/C22H28N4.ClH/c1-12(2)25-9-8-18-16(6)23-21-20(17(7)24-26(21)22(18)25)19-14(4)10-13(3)11-15(19)5;/h10-12H,8-9H2,1-7H3;1H. The molecular formula is C22H29ClN4. The average Bonchev–Trinajstić information content (AvgIpc) is 3.10. The number of anilines is 1. The Balaban J connectivity index is 0.00000210. The van der Waals surface area contributed by atoms with Crippen LogP contribution in [0, 0.1) is 34.6 Å². The maximum Gasteiger partial charge on any atom is 0.165 e. The largest absolute Gasteiger partial charge is 0.353 e. The second-order valence-electron chi connectivity index (χ2n) is 8.01. The van der Waals surface area contributed by atoms with Crippen molar-refractivity contribution in [3.05, 3.63) is 45.8 Å². The van der Waals surface area contributed by atoms with Crippen LogP contribution >= 0.6 is 12.4 Å². The van der Waals surface area contributed by atoms with E-state index in [1.165, 1.54) is 39.2 Å². The summed E-state index contributed by atoms with van der Waals surface area (Å²) in [4.78, 5) is 7.48. The summed E-state index contributed by atoms with van der Waals surface area (Å²) >= 11 is 0. The zero-order chi connectivity index (χ0) is 18.7. The van der Waals surface area contributed by atoms with E-state index in [-0.39, 0.29) is 12.4 Å². The highest BCUT2D eigenvalue weighted by atomic mass is 35.5. The van der Waals surface area contributed by atoms with Gasteiger partial charge < -0.3 is 4.90 Å². The molecule has 4 nitrogen and oxygen atoms in total. The molecule has 1 aliphatic rings. The second-order valence-corrected chi connectivity index (χ2v) is 8.01. The highest BCUT2D eigenvalue weighted by Gasteiger charge is 2.29. The Bertz CT molecular complexity index is 1010. The summed E-state index contributed by atoms with van der Waals surface area (Å²) in [5.74, 6) is 1.24. The van der Waals surface area contributed by atoms with Crippen LogP contribution in [0.5, 0.6) is 0 Å². The first-order chi connectivity index (χ1) is 12.3.